The standard InChI is InChI=1S/C12H14ClNO3/c13-10-5-4-9(12(15)16)11(14-10)17-7-6-8-2-1-3-8/h4-5,8H,1-3,6-7H2,(H,15,16). The van der Waals surface area contributed by atoms with Crippen molar-refractivity contribution in [3.63, 3.8) is 0 Å². The van der Waals surface area contributed by atoms with Crippen LogP contribution in [-0.2, 0) is 0 Å². The first-order valence-corrected chi connectivity index (χ1v) is 6.07. The van der Waals surface area contributed by atoms with E-state index in [0.717, 1.165) is 12.3 Å². The zero-order valence-electron chi connectivity index (χ0n) is 9.36. The highest BCUT2D eigenvalue weighted by Gasteiger charge is 2.18. The number of hydrogen-bond acceptors (Lipinski definition) is 3. The largest absolute Gasteiger partial charge is 0.477 e. The summed E-state index contributed by atoms with van der Waals surface area (Å²) in [6, 6.07) is 2.86. The molecule has 1 aromatic heterocycles. The van der Waals surface area contributed by atoms with Crippen LogP contribution in [0.25, 0.3) is 0 Å². The van der Waals surface area contributed by atoms with E-state index in [-0.39, 0.29) is 16.6 Å². The fourth-order valence-electron chi connectivity index (χ4n) is 1.79. The van der Waals surface area contributed by atoms with Gasteiger partial charge in [-0.25, -0.2) is 9.78 Å². The van der Waals surface area contributed by atoms with Crippen LogP contribution in [0.3, 0.4) is 0 Å². The molecule has 1 heterocycles. The first-order chi connectivity index (χ1) is 8.16. The van der Waals surface area contributed by atoms with Crippen molar-refractivity contribution in [3.05, 3.63) is 22.8 Å². The molecule has 0 saturated heterocycles. The minimum Gasteiger partial charge on any atom is -0.477 e. The van der Waals surface area contributed by atoms with Gasteiger partial charge in [-0.05, 0) is 24.5 Å². The summed E-state index contributed by atoms with van der Waals surface area (Å²) in [6.45, 7) is 0.498. The van der Waals surface area contributed by atoms with Gasteiger partial charge in [-0.1, -0.05) is 30.9 Å². The average Bonchev–Trinajstić information content (AvgIpc) is 2.21. The molecule has 1 aromatic rings. The molecule has 1 aliphatic rings. The van der Waals surface area contributed by atoms with Gasteiger partial charge in [0.05, 0.1) is 6.61 Å². The van der Waals surface area contributed by atoms with Crippen LogP contribution in [-0.4, -0.2) is 22.7 Å². The molecule has 0 radical (unpaired) electrons. The summed E-state index contributed by atoms with van der Waals surface area (Å²) in [5.74, 6) is -0.209. The zero-order chi connectivity index (χ0) is 12.3. The van der Waals surface area contributed by atoms with Gasteiger partial charge in [-0.15, -0.1) is 0 Å². The lowest BCUT2D eigenvalue weighted by Crippen LogP contribution is -2.15. The molecule has 5 heteroatoms. The second-order valence-electron chi connectivity index (χ2n) is 4.23. The van der Waals surface area contributed by atoms with Crippen LogP contribution in [0, 0.1) is 5.92 Å². The highest BCUT2D eigenvalue weighted by molar-refractivity contribution is 6.29. The molecule has 17 heavy (non-hydrogen) atoms. The van der Waals surface area contributed by atoms with Gasteiger partial charge in [0.15, 0.2) is 0 Å². The van der Waals surface area contributed by atoms with Crippen molar-refractivity contribution >= 4 is 17.6 Å². The van der Waals surface area contributed by atoms with Crippen LogP contribution in [0.4, 0.5) is 0 Å². The van der Waals surface area contributed by atoms with E-state index < -0.39 is 5.97 Å². The molecular formula is C12H14ClNO3. The van der Waals surface area contributed by atoms with Crippen molar-refractivity contribution < 1.29 is 14.6 Å². The molecular weight excluding hydrogens is 242 g/mol. The fraction of sp³-hybridized carbons (Fsp3) is 0.500. The minimum atomic E-state index is -1.05. The van der Waals surface area contributed by atoms with Crippen molar-refractivity contribution in [3.8, 4) is 5.88 Å². The first-order valence-electron chi connectivity index (χ1n) is 5.69. The van der Waals surface area contributed by atoms with E-state index in [4.69, 9.17) is 21.4 Å². The first kappa shape index (κ1) is 12.2. The number of rotatable bonds is 5. The van der Waals surface area contributed by atoms with Gasteiger partial charge in [-0.2, -0.15) is 0 Å². The lowest BCUT2D eigenvalue weighted by Gasteiger charge is -2.24. The zero-order valence-corrected chi connectivity index (χ0v) is 10.1. The number of aromatic nitrogens is 1. The van der Waals surface area contributed by atoms with Crippen LogP contribution in [0.15, 0.2) is 12.1 Å². The topological polar surface area (TPSA) is 59.4 Å². The van der Waals surface area contributed by atoms with E-state index >= 15 is 0 Å². The van der Waals surface area contributed by atoms with Crippen LogP contribution < -0.4 is 4.74 Å². The van der Waals surface area contributed by atoms with E-state index in [9.17, 15) is 4.79 Å². The molecule has 4 nitrogen and oxygen atoms in total. The smallest absolute Gasteiger partial charge is 0.341 e. The second kappa shape index (κ2) is 5.36. The fourth-order valence-corrected chi connectivity index (χ4v) is 1.93. The lowest BCUT2D eigenvalue weighted by molar-refractivity contribution is 0.0690. The monoisotopic (exact) mass is 255 g/mol. The van der Waals surface area contributed by atoms with Gasteiger partial charge in [-0.3, -0.25) is 0 Å². The number of carboxylic acids is 1. The van der Waals surface area contributed by atoms with Gasteiger partial charge in [0.2, 0.25) is 5.88 Å². The molecule has 2 rings (SSSR count). The van der Waals surface area contributed by atoms with Gasteiger partial charge in [0, 0.05) is 0 Å². The lowest BCUT2D eigenvalue weighted by atomic mass is 9.83. The number of ether oxygens (including phenoxy) is 1. The Morgan fingerprint density at radius 2 is 2.29 bits per heavy atom. The molecule has 0 aliphatic heterocycles. The number of hydrogen-bond donors (Lipinski definition) is 1. The summed E-state index contributed by atoms with van der Waals surface area (Å²) in [6.07, 6.45) is 4.74. The van der Waals surface area contributed by atoms with Crippen molar-refractivity contribution in [2.45, 2.75) is 25.7 Å². The number of carboxylic acid groups (broad SMARTS) is 1. The maximum atomic E-state index is 10.9. The molecule has 0 unspecified atom stereocenters. The summed E-state index contributed by atoms with van der Waals surface area (Å²) >= 11 is 5.72. The number of nitrogens with zero attached hydrogens (tertiary/aromatic N) is 1. The third-order valence-electron chi connectivity index (χ3n) is 3.05. The predicted octanol–water partition coefficient (Wildman–Crippen LogP) is 3.00. The summed E-state index contributed by atoms with van der Waals surface area (Å²) in [5, 5.41) is 9.20. The van der Waals surface area contributed by atoms with Crippen molar-refractivity contribution in [1.29, 1.82) is 0 Å². The quantitative estimate of drug-likeness (QED) is 0.822. The normalized spacial score (nSPS) is 15.4. The van der Waals surface area contributed by atoms with Gasteiger partial charge < -0.3 is 9.84 Å². The third kappa shape index (κ3) is 3.09. The summed E-state index contributed by atoms with van der Waals surface area (Å²) in [5.41, 5.74) is 0.0583. The van der Waals surface area contributed by atoms with E-state index in [1.54, 1.807) is 0 Å². The van der Waals surface area contributed by atoms with Crippen molar-refractivity contribution in [2.24, 2.45) is 5.92 Å². The Hall–Kier alpha value is -1.29. The number of aromatic carboxylic acids is 1. The Kier molecular flexibility index (Phi) is 3.84. The third-order valence-corrected chi connectivity index (χ3v) is 3.26. The van der Waals surface area contributed by atoms with Crippen LogP contribution >= 0.6 is 11.6 Å². The van der Waals surface area contributed by atoms with Crippen LogP contribution in [0.2, 0.25) is 5.15 Å². The molecule has 0 atom stereocenters. The second-order valence-corrected chi connectivity index (χ2v) is 4.61. The van der Waals surface area contributed by atoms with E-state index in [1.807, 2.05) is 0 Å². The maximum absolute atomic E-state index is 10.9. The van der Waals surface area contributed by atoms with E-state index in [1.165, 1.54) is 31.4 Å². The highest BCUT2D eigenvalue weighted by Crippen LogP contribution is 2.29. The number of carbonyl (C=O) groups is 1. The van der Waals surface area contributed by atoms with E-state index in [2.05, 4.69) is 4.98 Å². The summed E-state index contributed by atoms with van der Waals surface area (Å²) < 4.78 is 5.41. The summed E-state index contributed by atoms with van der Waals surface area (Å²) in [4.78, 5) is 14.8. The molecule has 0 bridgehead atoms. The van der Waals surface area contributed by atoms with Crippen LogP contribution in [0.5, 0.6) is 5.88 Å². The number of halogens is 1. The Balaban J connectivity index is 1.97. The van der Waals surface area contributed by atoms with Gasteiger partial charge >= 0.3 is 5.97 Å². The molecule has 1 aliphatic carbocycles. The summed E-state index contributed by atoms with van der Waals surface area (Å²) in [7, 11) is 0. The highest BCUT2D eigenvalue weighted by atomic mass is 35.5. The average molecular weight is 256 g/mol. The SMILES string of the molecule is O=C(O)c1ccc(Cl)nc1OCCC1CCC1. The van der Waals surface area contributed by atoms with Crippen LogP contribution in [0.1, 0.15) is 36.0 Å². The Labute approximate surface area is 105 Å². The number of pyridine rings is 1. The molecule has 1 N–H and O–H groups in total. The van der Waals surface area contributed by atoms with Crippen molar-refractivity contribution in [2.75, 3.05) is 6.61 Å². The van der Waals surface area contributed by atoms with Crippen molar-refractivity contribution in [1.82, 2.24) is 4.98 Å². The molecule has 0 amide bonds. The Morgan fingerprint density at radius 3 is 2.88 bits per heavy atom. The Morgan fingerprint density at radius 1 is 1.53 bits per heavy atom. The molecule has 0 spiro atoms. The van der Waals surface area contributed by atoms with Gasteiger partial charge in [0.25, 0.3) is 0 Å². The minimum absolute atomic E-state index is 0.0583. The predicted molar refractivity (Wildman–Crippen MR) is 63.7 cm³/mol. The molecule has 1 fully saturated rings. The van der Waals surface area contributed by atoms with E-state index in [0.29, 0.717) is 6.61 Å². The Bertz CT molecular complexity index is 418. The maximum Gasteiger partial charge on any atom is 0.341 e. The molecule has 92 valence electrons. The molecule has 1 saturated carbocycles. The van der Waals surface area contributed by atoms with Gasteiger partial charge in [0.1, 0.15) is 10.7 Å². The molecule has 0 aromatic carbocycles.